The Bertz CT molecular complexity index is 1130. The number of hydrogen-bond donors (Lipinski definition) is 0. The molecule has 0 atom stereocenters. The number of benzene rings is 1. The van der Waals surface area contributed by atoms with Gasteiger partial charge in [-0.25, -0.2) is 14.5 Å². The van der Waals surface area contributed by atoms with Gasteiger partial charge in [-0.15, -0.1) is 5.10 Å². The molecule has 0 N–H and O–H groups in total. The Labute approximate surface area is 168 Å². The van der Waals surface area contributed by atoms with Crippen molar-refractivity contribution in [3.63, 3.8) is 0 Å². The Morgan fingerprint density at radius 2 is 1.86 bits per heavy atom. The third-order valence-corrected chi connectivity index (χ3v) is 5.19. The average Bonchev–Trinajstić information content (AvgIpc) is 3.19. The maximum atomic E-state index is 5.91. The first kappa shape index (κ1) is 18.7. The van der Waals surface area contributed by atoms with E-state index in [1.807, 2.05) is 12.1 Å². The number of ether oxygens (including phenoxy) is 1. The van der Waals surface area contributed by atoms with Crippen molar-refractivity contribution in [2.45, 2.75) is 27.0 Å². The van der Waals surface area contributed by atoms with Gasteiger partial charge < -0.3 is 14.2 Å². The third-order valence-electron chi connectivity index (χ3n) is 4.94. The molecule has 0 aliphatic carbocycles. The van der Waals surface area contributed by atoms with Gasteiger partial charge in [0.25, 0.3) is 0 Å². The number of halogens is 1. The van der Waals surface area contributed by atoms with Crippen molar-refractivity contribution in [2.24, 2.45) is 0 Å². The maximum absolute atomic E-state index is 5.91. The van der Waals surface area contributed by atoms with Crippen molar-refractivity contribution in [3.05, 3.63) is 52.7 Å². The van der Waals surface area contributed by atoms with Gasteiger partial charge in [-0.1, -0.05) is 11.6 Å². The molecule has 28 heavy (non-hydrogen) atoms. The first-order chi connectivity index (χ1) is 13.4. The van der Waals surface area contributed by atoms with E-state index in [-0.39, 0.29) is 6.61 Å². The summed E-state index contributed by atoms with van der Waals surface area (Å²) in [5.41, 5.74) is 4.15. The van der Waals surface area contributed by atoms with Crippen molar-refractivity contribution in [3.8, 4) is 5.75 Å². The number of aryl methyl sites for hydroxylation is 1. The van der Waals surface area contributed by atoms with Gasteiger partial charge in [0.05, 0.1) is 5.39 Å². The maximum Gasteiger partial charge on any atom is 0.189 e. The summed E-state index contributed by atoms with van der Waals surface area (Å²) in [7, 11) is 4.15. The number of aromatic nitrogens is 5. The van der Waals surface area contributed by atoms with Crippen LogP contribution in [0.4, 0.5) is 0 Å². The Kier molecular flexibility index (Phi) is 4.95. The SMILES string of the molecule is Cc1c(C)n(CCN(C)C)c2ncn3nc(COc4ccc(Cl)cc4)nc3c12. The van der Waals surface area contributed by atoms with Crippen LogP contribution < -0.4 is 4.74 Å². The van der Waals surface area contributed by atoms with Crippen LogP contribution in [0.3, 0.4) is 0 Å². The molecule has 0 aliphatic rings. The predicted molar refractivity (Wildman–Crippen MR) is 110 cm³/mol. The van der Waals surface area contributed by atoms with Gasteiger partial charge >= 0.3 is 0 Å². The van der Waals surface area contributed by atoms with E-state index < -0.39 is 0 Å². The minimum atomic E-state index is 0.282. The molecule has 0 aliphatic heterocycles. The molecule has 1 aromatic carbocycles. The lowest BCUT2D eigenvalue weighted by Gasteiger charge is -2.12. The third kappa shape index (κ3) is 3.43. The lowest BCUT2D eigenvalue weighted by atomic mass is 10.2. The van der Waals surface area contributed by atoms with E-state index in [4.69, 9.17) is 21.3 Å². The van der Waals surface area contributed by atoms with Crippen molar-refractivity contribution < 1.29 is 4.74 Å². The second-order valence-corrected chi connectivity index (χ2v) is 7.58. The molecule has 0 saturated heterocycles. The zero-order valence-electron chi connectivity index (χ0n) is 16.5. The first-order valence-electron chi connectivity index (χ1n) is 9.17. The van der Waals surface area contributed by atoms with E-state index in [2.05, 4.69) is 47.5 Å². The molecular weight excluding hydrogens is 376 g/mol. The Morgan fingerprint density at radius 3 is 2.57 bits per heavy atom. The second-order valence-electron chi connectivity index (χ2n) is 7.15. The molecule has 0 bridgehead atoms. The molecule has 0 unspecified atom stereocenters. The summed E-state index contributed by atoms with van der Waals surface area (Å²) in [5, 5.41) is 6.25. The lowest BCUT2D eigenvalue weighted by molar-refractivity contribution is 0.296. The van der Waals surface area contributed by atoms with Crippen LogP contribution in [0.25, 0.3) is 16.7 Å². The summed E-state index contributed by atoms with van der Waals surface area (Å²) in [4.78, 5) is 11.5. The molecular formula is C20H23ClN6O. The standard InChI is InChI=1S/C20H23ClN6O/c1-13-14(2)26(10-9-25(3)4)19-18(13)20-23-17(24-27(20)12-22-19)11-28-16-7-5-15(21)6-8-16/h5-8,12H,9-11H2,1-4H3. The average molecular weight is 399 g/mol. The van der Waals surface area contributed by atoms with Gasteiger partial charge in [0.15, 0.2) is 11.5 Å². The van der Waals surface area contributed by atoms with Gasteiger partial charge in [0, 0.05) is 23.8 Å². The highest BCUT2D eigenvalue weighted by Crippen LogP contribution is 2.27. The summed E-state index contributed by atoms with van der Waals surface area (Å²) in [6.07, 6.45) is 1.72. The van der Waals surface area contributed by atoms with Crippen molar-refractivity contribution in [1.82, 2.24) is 29.0 Å². The number of hydrogen-bond acceptors (Lipinski definition) is 5. The van der Waals surface area contributed by atoms with Crippen LogP contribution in [-0.2, 0) is 13.2 Å². The van der Waals surface area contributed by atoms with Crippen LogP contribution in [0.2, 0.25) is 5.02 Å². The van der Waals surface area contributed by atoms with Crippen LogP contribution in [0, 0.1) is 13.8 Å². The van der Waals surface area contributed by atoms with Gasteiger partial charge in [-0.2, -0.15) is 0 Å². The molecule has 7 nitrogen and oxygen atoms in total. The fourth-order valence-corrected chi connectivity index (χ4v) is 3.41. The molecule has 0 saturated carbocycles. The Morgan fingerprint density at radius 1 is 1.11 bits per heavy atom. The zero-order valence-corrected chi connectivity index (χ0v) is 17.2. The van der Waals surface area contributed by atoms with E-state index in [0.717, 1.165) is 35.5 Å². The van der Waals surface area contributed by atoms with Gasteiger partial charge in [0.1, 0.15) is 24.3 Å². The molecule has 0 radical (unpaired) electrons. The number of likely N-dealkylation sites (N-methyl/N-ethyl adjacent to an activating group) is 1. The Hall–Kier alpha value is -2.64. The largest absolute Gasteiger partial charge is 0.486 e. The van der Waals surface area contributed by atoms with E-state index >= 15 is 0 Å². The highest BCUT2D eigenvalue weighted by Gasteiger charge is 2.18. The fraction of sp³-hybridized carbons (Fsp3) is 0.350. The van der Waals surface area contributed by atoms with E-state index in [1.165, 1.54) is 11.3 Å². The van der Waals surface area contributed by atoms with Gasteiger partial charge in [-0.05, 0) is 57.8 Å². The number of fused-ring (bicyclic) bond motifs is 3. The Balaban J connectivity index is 1.68. The summed E-state index contributed by atoms with van der Waals surface area (Å²) >= 11 is 5.91. The van der Waals surface area contributed by atoms with Crippen molar-refractivity contribution in [2.75, 3.05) is 20.6 Å². The fourth-order valence-electron chi connectivity index (χ4n) is 3.29. The van der Waals surface area contributed by atoms with E-state index in [9.17, 15) is 0 Å². The smallest absolute Gasteiger partial charge is 0.189 e. The molecule has 3 aromatic heterocycles. The molecule has 0 amide bonds. The molecule has 0 fully saturated rings. The minimum absolute atomic E-state index is 0.282. The van der Waals surface area contributed by atoms with Crippen molar-refractivity contribution in [1.29, 1.82) is 0 Å². The summed E-state index contributed by atoms with van der Waals surface area (Å²) in [5.74, 6) is 1.34. The summed E-state index contributed by atoms with van der Waals surface area (Å²) < 4.78 is 9.77. The normalized spacial score (nSPS) is 11.8. The minimum Gasteiger partial charge on any atom is -0.486 e. The summed E-state index contributed by atoms with van der Waals surface area (Å²) in [6, 6.07) is 7.25. The van der Waals surface area contributed by atoms with Gasteiger partial charge in [-0.3, -0.25) is 0 Å². The van der Waals surface area contributed by atoms with Crippen LogP contribution >= 0.6 is 11.6 Å². The highest BCUT2D eigenvalue weighted by atomic mass is 35.5. The van der Waals surface area contributed by atoms with Crippen LogP contribution in [0.1, 0.15) is 17.1 Å². The van der Waals surface area contributed by atoms with E-state index in [0.29, 0.717) is 10.8 Å². The zero-order chi connectivity index (χ0) is 19.8. The van der Waals surface area contributed by atoms with Gasteiger partial charge in [0.2, 0.25) is 0 Å². The summed E-state index contributed by atoms with van der Waals surface area (Å²) in [6.45, 7) is 6.36. The lowest BCUT2D eigenvalue weighted by Crippen LogP contribution is -2.19. The second kappa shape index (κ2) is 7.41. The quantitative estimate of drug-likeness (QED) is 0.497. The predicted octanol–water partition coefficient (Wildman–Crippen LogP) is 3.49. The molecule has 8 heteroatoms. The highest BCUT2D eigenvalue weighted by molar-refractivity contribution is 6.30. The molecule has 4 aromatic rings. The molecule has 146 valence electrons. The molecule has 0 spiro atoms. The van der Waals surface area contributed by atoms with Crippen LogP contribution in [-0.4, -0.2) is 49.7 Å². The number of rotatable bonds is 6. The number of nitrogens with zero attached hydrogens (tertiary/aromatic N) is 6. The van der Waals surface area contributed by atoms with E-state index in [1.54, 1.807) is 23.0 Å². The topological polar surface area (TPSA) is 60.5 Å². The first-order valence-corrected chi connectivity index (χ1v) is 9.54. The van der Waals surface area contributed by atoms with Crippen molar-refractivity contribution >= 4 is 28.3 Å². The molecule has 4 rings (SSSR count). The molecule has 3 heterocycles. The monoisotopic (exact) mass is 398 g/mol. The van der Waals surface area contributed by atoms with Crippen LogP contribution in [0.5, 0.6) is 5.75 Å². The van der Waals surface area contributed by atoms with Crippen LogP contribution in [0.15, 0.2) is 30.6 Å².